The Morgan fingerprint density at radius 1 is 0.962 bits per heavy atom. The Morgan fingerprint density at radius 2 is 1.65 bits per heavy atom. The maximum Gasteiger partial charge on any atom is 0.148 e. The Hall–Kier alpha value is -3.05. The van der Waals surface area contributed by atoms with Crippen LogP contribution < -0.4 is 9.47 Å². The highest BCUT2D eigenvalue weighted by Gasteiger charge is 2.22. The van der Waals surface area contributed by atoms with Crippen molar-refractivity contribution in [3.05, 3.63) is 41.6 Å². The van der Waals surface area contributed by atoms with Gasteiger partial charge in [0.15, 0.2) is 0 Å². The molecule has 0 amide bonds. The number of benzene rings is 1. The molecule has 5 nitrogen and oxygen atoms in total. The van der Waals surface area contributed by atoms with E-state index >= 15 is 0 Å². The predicted octanol–water partition coefficient (Wildman–Crippen LogP) is 4.85. The van der Waals surface area contributed by atoms with Gasteiger partial charge in [0.05, 0.1) is 18.9 Å². The molecular weight excluding hydrogens is 326 g/mol. The molecule has 134 valence electrons. The molecule has 0 bridgehead atoms. The monoisotopic (exact) mass is 349 g/mol. The van der Waals surface area contributed by atoms with Gasteiger partial charge in [0, 0.05) is 11.8 Å². The van der Waals surface area contributed by atoms with Crippen LogP contribution >= 0.6 is 0 Å². The van der Waals surface area contributed by atoms with E-state index in [2.05, 4.69) is 31.0 Å². The normalized spacial score (nSPS) is 10.0. The zero-order valence-electron chi connectivity index (χ0n) is 15.3. The largest absolute Gasteiger partial charge is 0.492 e. The highest BCUT2D eigenvalue weighted by Crippen LogP contribution is 2.39. The lowest BCUT2D eigenvalue weighted by molar-refractivity contribution is 0.300. The smallest absolute Gasteiger partial charge is 0.148 e. The van der Waals surface area contributed by atoms with Gasteiger partial charge in [-0.15, -0.1) is 0 Å². The number of nitriles is 2. The summed E-state index contributed by atoms with van der Waals surface area (Å²) in [6.45, 7) is 5.11. The lowest BCUT2D eigenvalue weighted by Crippen LogP contribution is -2.06. The van der Waals surface area contributed by atoms with Crippen LogP contribution in [0, 0.1) is 22.7 Å². The third-order valence-electron chi connectivity index (χ3n) is 3.91. The molecule has 1 aromatic carbocycles. The van der Waals surface area contributed by atoms with Gasteiger partial charge in [-0.2, -0.15) is 10.5 Å². The fourth-order valence-electron chi connectivity index (χ4n) is 2.48. The number of unbranched alkanes of at least 4 members (excludes halogenated alkanes) is 2. The molecule has 0 aliphatic heterocycles. The predicted molar refractivity (Wildman–Crippen MR) is 99.9 cm³/mol. The van der Waals surface area contributed by atoms with Gasteiger partial charge >= 0.3 is 0 Å². The highest BCUT2D eigenvalue weighted by molar-refractivity contribution is 5.77. The molecule has 0 spiro atoms. The summed E-state index contributed by atoms with van der Waals surface area (Å²) >= 11 is 0. The van der Waals surface area contributed by atoms with Crippen LogP contribution in [-0.2, 0) is 0 Å². The van der Waals surface area contributed by atoms with Crippen molar-refractivity contribution in [1.82, 2.24) is 4.98 Å². The average molecular weight is 349 g/mol. The fraction of sp³-hybridized carbons (Fsp3) is 0.381. The van der Waals surface area contributed by atoms with E-state index in [0.717, 1.165) is 25.7 Å². The molecule has 0 saturated heterocycles. The molecule has 1 heterocycles. The molecule has 0 saturated carbocycles. The highest BCUT2D eigenvalue weighted by atomic mass is 16.5. The number of hydrogen-bond acceptors (Lipinski definition) is 5. The van der Waals surface area contributed by atoms with E-state index in [-0.39, 0.29) is 11.1 Å². The summed E-state index contributed by atoms with van der Waals surface area (Å²) in [5.74, 6) is 0.806. The molecular formula is C21H23N3O2. The van der Waals surface area contributed by atoms with E-state index in [1.807, 2.05) is 18.2 Å². The molecule has 0 unspecified atom stereocenters. The minimum atomic E-state index is 0.207. The minimum Gasteiger partial charge on any atom is -0.492 e. The SMILES string of the molecule is CCCCOc1cc(-c2ccccn2)c(OCCCC)c(C#N)c1C#N. The molecule has 0 fully saturated rings. The Balaban J connectivity index is 2.59. The van der Waals surface area contributed by atoms with E-state index in [0.29, 0.717) is 36.0 Å². The second-order valence-corrected chi connectivity index (χ2v) is 5.84. The summed E-state index contributed by atoms with van der Waals surface area (Å²) in [5, 5.41) is 19.3. The zero-order valence-corrected chi connectivity index (χ0v) is 15.3. The van der Waals surface area contributed by atoms with Gasteiger partial charge in [0.2, 0.25) is 0 Å². The van der Waals surface area contributed by atoms with Crippen molar-refractivity contribution < 1.29 is 9.47 Å². The second kappa shape index (κ2) is 10.1. The Bertz CT molecular complexity index is 805. The average Bonchev–Trinajstić information content (AvgIpc) is 2.68. The topological polar surface area (TPSA) is 78.9 Å². The quantitative estimate of drug-likeness (QED) is 0.605. The maximum atomic E-state index is 9.70. The molecule has 0 N–H and O–H groups in total. The zero-order chi connectivity index (χ0) is 18.8. The lowest BCUT2D eigenvalue weighted by Gasteiger charge is -2.17. The first kappa shape index (κ1) is 19.3. The van der Waals surface area contributed by atoms with E-state index in [4.69, 9.17) is 9.47 Å². The minimum absolute atomic E-state index is 0.207. The second-order valence-electron chi connectivity index (χ2n) is 5.84. The van der Waals surface area contributed by atoms with E-state index in [9.17, 15) is 10.5 Å². The van der Waals surface area contributed by atoms with Gasteiger partial charge in [-0.05, 0) is 31.0 Å². The van der Waals surface area contributed by atoms with Crippen LogP contribution in [0.4, 0.5) is 0 Å². The molecule has 0 atom stereocenters. The van der Waals surface area contributed by atoms with Gasteiger partial charge in [0.25, 0.3) is 0 Å². The third kappa shape index (κ3) is 4.52. The van der Waals surface area contributed by atoms with Crippen LogP contribution in [0.5, 0.6) is 11.5 Å². The van der Waals surface area contributed by atoms with Crippen molar-refractivity contribution in [3.63, 3.8) is 0 Å². The molecule has 0 aliphatic carbocycles. The number of ether oxygens (including phenoxy) is 2. The molecule has 26 heavy (non-hydrogen) atoms. The van der Waals surface area contributed by atoms with Crippen molar-refractivity contribution in [2.75, 3.05) is 13.2 Å². The molecule has 0 radical (unpaired) electrons. The Morgan fingerprint density at radius 3 is 2.23 bits per heavy atom. The third-order valence-corrected chi connectivity index (χ3v) is 3.91. The van der Waals surface area contributed by atoms with E-state index < -0.39 is 0 Å². The van der Waals surface area contributed by atoms with Gasteiger partial charge in [0.1, 0.15) is 34.8 Å². The molecule has 5 heteroatoms. The van der Waals surface area contributed by atoms with E-state index in [1.54, 1.807) is 12.3 Å². The summed E-state index contributed by atoms with van der Waals surface area (Å²) in [6, 6.07) is 11.5. The van der Waals surface area contributed by atoms with Crippen LogP contribution in [0.3, 0.4) is 0 Å². The summed E-state index contributed by atoms with van der Waals surface area (Å²) in [6.07, 6.45) is 5.39. The summed E-state index contributed by atoms with van der Waals surface area (Å²) in [4.78, 5) is 4.38. The number of hydrogen-bond donors (Lipinski definition) is 0. The molecule has 1 aromatic heterocycles. The number of rotatable bonds is 9. The van der Waals surface area contributed by atoms with E-state index in [1.165, 1.54) is 0 Å². The Kier molecular flexibility index (Phi) is 7.46. The number of aromatic nitrogens is 1. The van der Waals surface area contributed by atoms with Crippen LogP contribution in [0.1, 0.15) is 50.7 Å². The molecule has 2 rings (SSSR count). The first-order valence-corrected chi connectivity index (χ1v) is 8.94. The summed E-state index contributed by atoms with van der Waals surface area (Å²) in [7, 11) is 0. The Labute approximate surface area is 154 Å². The summed E-state index contributed by atoms with van der Waals surface area (Å²) in [5.41, 5.74) is 1.78. The first-order chi connectivity index (χ1) is 12.8. The van der Waals surface area contributed by atoms with Crippen LogP contribution in [0.25, 0.3) is 11.3 Å². The first-order valence-electron chi connectivity index (χ1n) is 8.94. The fourth-order valence-corrected chi connectivity index (χ4v) is 2.48. The van der Waals surface area contributed by atoms with Crippen LogP contribution in [-0.4, -0.2) is 18.2 Å². The molecule has 0 aliphatic rings. The van der Waals surface area contributed by atoms with Crippen LogP contribution in [0.15, 0.2) is 30.5 Å². The number of nitrogens with zero attached hydrogens (tertiary/aromatic N) is 3. The summed E-state index contributed by atoms with van der Waals surface area (Å²) < 4.78 is 11.7. The van der Waals surface area contributed by atoms with Crippen LogP contribution in [0.2, 0.25) is 0 Å². The standard InChI is InChI=1S/C21H23N3O2/c1-3-5-11-25-20-13-16(19-9-7-8-10-24-19)21(26-12-6-4-2)18(15-23)17(20)14-22/h7-10,13H,3-6,11-12H2,1-2H3. The van der Waals surface area contributed by atoms with Crippen molar-refractivity contribution in [2.45, 2.75) is 39.5 Å². The van der Waals surface area contributed by atoms with Gasteiger partial charge in [-0.25, -0.2) is 0 Å². The van der Waals surface area contributed by atoms with Gasteiger partial charge in [-0.3, -0.25) is 4.98 Å². The van der Waals surface area contributed by atoms with Crippen molar-refractivity contribution in [1.29, 1.82) is 10.5 Å². The van der Waals surface area contributed by atoms with Gasteiger partial charge in [-0.1, -0.05) is 32.8 Å². The van der Waals surface area contributed by atoms with Gasteiger partial charge < -0.3 is 9.47 Å². The molecule has 2 aromatic rings. The van der Waals surface area contributed by atoms with Crippen molar-refractivity contribution >= 4 is 0 Å². The number of pyridine rings is 1. The van der Waals surface area contributed by atoms with Crippen molar-refractivity contribution in [3.8, 4) is 34.9 Å². The van der Waals surface area contributed by atoms with Crippen molar-refractivity contribution in [2.24, 2.45) is 0 Å². The lowest BCUT2D eigenvalue weighted by atomic mass is 9.99. The maximum absolute atomic E-state index is 9.70.